The normalized spacial score (nSPS) is 25.5. The van der Waals surface area contributed by atoms with Crippen molar-refractivity contribution in [3.05, 3.63) is 35.4 Å². The molecule has 2 rings (SSSR count). The lowest BCUT2D eigenvalue weighted by molar-refractivity contribution is 0.0937. The summed E-state index contributed by atoms with van der Waals surface area (Å²) in [5, 5.41) is 2.88. The van der Waals surface area contributed by atoms with E-state index in [2.05, 4.69) is 5.32 Å². The lowest BCUT2D eigenvalue weighted by atomic mass is 9.93. The molecule has 0 bridgehead atoms. The van der Waals surface area contributed by atoms with Crippen LogP contribution in [0.1, 0.15) is 22.8 Å². The zero-order chi connectivity index (χ0) is 9.47. The van der Waals surface area contributed by atoms with Crippen LogP contribution in [-0.4, -0.2) is 12.5 Å². The molecular weight excluding hydrogens is 164 g/mol. The molecule has 1 atom stereocenters. The minimum atomic E-state index is -0.381. The fourth-order valence-electron chi connectivity index (χ4n) is 1.71. The molecule has 1 unspecified atom stereocenters. The first kappa shape index (κ1) is 8.26. The smallest absolute Gasteiger partial charge is 0.252 e. The number of carbonyl (C=O) groups excluding carboxylic acids is 1. The molecule has 68 valence electrons. The lowest BCUT2D eigenvalue weighted by Gasteiger charge is -2.22. The number of rotatable bonds is 1. The van der Waals surface area contributed by atoms with Crippen molar-refractivity contribution < 1.29 is 4.79 Å². The van der Waals surface area contributed by atoms with E-state index < -0.39 is 0 Å². The quantitative estimate of drug-likeness (QED) is 0.658. The Morgan fingerprint density at radius 3 is 2.85 bits per heavy atom. The SMILES string of the molecule is CC1(CN)NC(=O)c2ccccc21. The van der Waals surface area contributed by atoms with Gasteiger partial charge in [0.2, 0.25) is 0 Å². The molecule has 3 heteroatoms. The molecule has 13 heavy (non-hydrogen) atoms. The summed E-state index contributed by atoms with van der Waals surface area (Å²) in [6.45, 7) is 2.37. The van der Waals surface area contributed by atoms with Crippen molar-refractivity contribution >= 4 is 5.91 Å². The van der Waals surface area contributed by atoms with Gasteiger partial charge in [0.25, 0.3) is 5.91 Å². The summed E-state index contributed by atoms with van der Waals surface area (Å²) in [4.78, 5) is 11.5. The summed E-state index contributed by atoms with van der Waals surface area (Å²) in [6.07, 6.45) is 0. The molecule has 0 saturated heterocycles. The average molecular weight is 176 g/mol. The minimum Gasteiger partial charge on any atom is -0.341 e. The van der Waals surface area contributed by atoms with Crippen molar-refractivity contribution in [2.24, 2.45) is 5.73 Å². The van der Waals surface area contributed by atoms with Gasteiger partial charge in [0.15, 0.2) is 0 Å². The van der Waals surface area contributed by atoms with Crippen LogP contribution in [0.15, 0.2) is 24.3 Å². The first-order valence-corrected chi connectivity index (χ1v) is 4.29. The number of carbonyl (C=O) groups is 1. The summed E-state index contributed by atoms with van der Waals surface area (Å²) in [6, 6.07) is 7.55. The number of hydrogen-bond acceptors (Lipinski definition) is 2. The number of benzene rings is 1. The fourth-order valence-corrected chi connectivity index (χ4v) is 1.71. The highest BCUT2D eigenvalue weighted by Crippen LogP contribution is 2.29. The second-order valence-corrected chi connectivity index (χ2v) is 3.54. The van der Waals surface area contributed by atoms with Gasteiger partial charge in [-0.05, 0) is 18.6 Å². The molecule has 3 N–H and O–H groups in total. The van der Waals surface area contributed by atoms with Crippen molar-refractivity contribution in [3.63, 3.8) is 0 Å². The van der Waals surface area contributed by atoms with E-state index >= 15 is 0 Å². The van der Waals surface area contributed by atoms with Crippen LogP contribution in [0.25, 0.3) is 0 Å². The number of fused-ring (bicyclic) bond motifs is 1. The van der Waals surface area contributed by atoms with E-state index in [-0.39, 0.29) is 11.4 Å². The van der Waals surface area contributed by atoms with Gasteiger partial charge in [-0.15, -0.1) is 0 Å². The molecule has 0 aliphatic carbocycles. The maximum Gasteiger partial charge on any atom is 0.252 e. The summed E-state index contributed by atoms with van der Waals surface area (Å²) < 4.78 is 0. The molecule has 1 aliphatic rings. The highest BCUT2D eigenvalue weighted by Gasteiger charge is 2.37. The van der Waals surface area contributed by atoms with Gasteiger partial charge in [-0.25, -0.2) is 0 Å². The highest BCUT2D eigenvalue weighted by molar-refractivity contribution is 5.99. The van der Waals surface area contributed by atoms with Crippen LogP contribution in [0.4, 0.5) is 0 Å². The van der Waals surface area contributed by atoms with Gasteiger partial charge in [-0.1, -0.05) is 18.2 Å². The third-order valence-corrected chi connectivity index (χ3v) is 2.56. The Bertz CT molecular complexity index is 362. The second kappa shape index (κ2) is 2.57. The molecule has 0 saturated carbocycles. The Kier molecular flexibility index (Phi) is 1.63. The van der Waals surface area contributed by atoms with E-state index in [0.717, 1.165) is 11.1 Å². The zero-order valence-electron chi connectivity index (χ0n) is 7.50. The summed E-state index contributed by atoms with van der Waals surface area (Å²) >= 11 is 0. The maximum atomic E-state index is 11.5. The van der Waals surface area contributed by atoms with Crippen LogP contribution in [0.5, 0.6) is 0 Å². The van der Waals surface area contributed by atoms with Crippen molar-refractivity contribution in [2.75, 3.05) is 6.54 Å². The predicted octanol–water partition coefficient (Wildman–Crippen LogP) is 0.604. The lowest BCUT2D eigenvalue weighted by Crippen LogP contribution is -2.42. The Morgan fingerprint density at radius 2 is 2.15 bits per heavy atom. The van der Waals surface area contributed by atoms with Gasteiger partial charge in [0, 0.05) is 12.1 Å². The number of nitrogens with two attached hydrogens (primary N) is 1. The van der Waals surface area contributed by atoms with Gasteiger partial charge in [0.1, 0.15) is 0 Å². The molecule has 1 aromatic rings. The predicted molar refractivity (Wildman–Crippen MR) is 50.3 cm³/mol. The highest BCUT2D eigenvalue weighted by atomic mass is 16.2. The summed E-state index contributed by atoms with van der Waals surface area (Å²) in [7, 11) is 0. The van der Waals surface area contributed by atoms with Crippen LogP contribution in [-0.2, 0) is 5.54 Å². The van der Waals surface area contributed by atoms with Crippen LogP contribution >= 0.6 is 0 Å². The van der Waals surface area contributed by atoms with Crippen molar-refractivity contribution in [1.82, 2.24) is 5.32 Å². The zero-order valence-corrected chi connectivity index (χ0v) is 7.50. The molecule has 1 aromatic carbocycles. The summed E-state index contributed by atoms with van der Waals surface area (Å²) in [5.74, 6) is -0.0245. The van der Waals surface area contributed by atoms with Crippen molar-refractivity contribution in [2.45, 2.75) is 12.5 Å². The average Bonchev–Trinajstić information content (AvgIpc) is 2.42. The Balaban J connectivity index is 2.59. The first-order chi connectivity index (χ1) is 6.17. The number of amides is 1. The number of hydrogen-bond donors (Lipinski definition) is 2. The van der Waals surface area contributed by atoms with E-state index in [1.54, 1.807) is 0 Å². The van der Waals surface area contributed by atoms with Crippen molar-refractivity contribution in [1.29, 1.82) is 0 Å². The Labute approximate surface area is 76.9 Å². The molecule has 0 aromatic heterocycles. The van der Waals surface area contributed by atoms with Crippen LogP contribution in [0.3, 0.4) is 0 Å². The van der Waals surface area contributed by atoms with Gasteiger partial charge in [-0.2, -0.15) is 0 Å². The van der Waals surface area contributed by atoms with Gasteiger partial charge in [-0.3, -0.25) is 4.79 Å². The Morgan fingerprint density at radius 1 is 1.46 bits per heavy atom. The van der Waals surface area contributed by atoms with E-state index in [1.165, 1.54) is 0 Å². The third-order valence-electron chi connectivity index (χ3n) is 2.56. The standard InChI is InChI=1S/C10H12N2O/c1-10(6-11)8-5-3-2-4-7(8)9(13)12-10/h2-5H,6,11H2,1H3,(H,12,13). The monoisotopic (exact) mass is 176 g/mol. The summed E-state index contributed by atoms with van der Waals surface area (Å²) in [5.41, 5.74) is 7.00. The Hall–Kier alpha value is -1.35. The van der Waals surface area contributed by atoms with Crippen LogP contribution < -0.4 is 11.1 Å². The van der Waals surface area contributed by atoms with Crippen LogP contribution in [0.2, 0.25) is 0 Å². The molecule has 0 spiro atoms. The molecule has 0 radical (unpaired) electrons. The van der Waals surface area contributed by atoms with E-state index in [9.17, 15) is 4.79 Å². The topological polar surface area (TPSA) is 55.1 Å². The van der Waals surface area contributed by atoms with E-state index in [1.807, 2.05) is 31.2 Å². The molecule has 1 aliphatic heterocycles. The van der Waals surface area contributed by atoms with Crippen molar-refractivity contribution in [3.8, 4) is 0 Å². The molecule has 3 nitrogen and oxygen atoms in total. The fraction of sp³-hybridized carbons (Fsp3) is 0.300. The first-order valence-electron chi connectivity index (χ1n) is 4.29. The van der Waals surface area contributed by atoms with E-state index in [0.29, 0.717) is 6.54 Å². The second-order valence-electron chi connectivity index (χ2n) is 3.54. The maximum absolute atomic E-state index is 11.5. The van der Waals surface area contributed by atoms with E-state index in [4.69, 9.17) is 5.73 Å². The molecular formula is C10H12N2O. The minimum absolute atomic E-state index is 0.0245. The largest absolute Gasteiger partial charge is 0.341 e. The van der Waals surface area contributed by atoms with Crippen LogP contribution in [0, 0.1) is 0 Å². The molecule has 0 fully saturated rings. The molecule has 1 heterocycles. The van der Waals surface area contributed by atoms with Gasteiger partial charge >= 0.3 is 0 Å². The third kappa shape index (κ3) is 1.04. The molecule has 1 amide bonds. The van der Waals surface area contributed by atoms with Gasteiger partial charge in [0.05, 0.1) is 5.54 Å². The van der Waals surface area contributed by atoms with Gasteiger partial charge < -0.3 is 11.1 Å². The number of nitrogens with one attached hydrogen (secondary N) is 1.